The van der Waals surface area contributed by atoms with Crippen LogP contribution in [-0.4, -0.2) is 36.9 Å². The first-order chi connectivity index (χ1) is 12.7. The van der Waals surface area contributed by atoms with E-state index in [-0.39, 0.29) is 31.0 Å². The number of benzene rings is 2. The molecule has 0 saturated carbocycles. The second-order valence-electron chi connectivity index (χ2n) is 5.83. The van der Waals surface area contributed by atoms with E-state index in [1.165, 1.54) is 35.2 Å². The fourth-order valence-electron chi connectivity index (χ4n) is 2.81. The van der Waals surface area contributed by atoms with Crippen molar-refractivity contribution in [2.75, 3.05) is 19.7 Å². The maximum atomic E-state index is 14.1. The number of halogens is 5. The van der Waals surface area contributed by atoms with Crippen molar-refractivity contribution in [2.45, 2.75) is 12.5 Å². The summed E-state index contributed by atoms with van der Waals surface area (Å²) in [6, 6.07) is 9.61. The van der Waals surface area contributed by atoms with Crippen molar-refractivity contribution in [1.82, 2.24) is 4.90 Å². The molecule has 0 radical (unpaired) electrons. The first-order valence-electron chi connectivity index (χ1n) is 7.95. The minimum atomic E-state index is -4.80. The van der Waals surface area contributed by atoms with Gasteiger partial charge in [0, 0.05) is 11.0 Å². The summed E-state index contributed by atoms with van der Waals surface area (Å²) in [6.07, 6.45) is -5.45. The average Bonchev–Trinajstić information content (AvgIpc) is 2.60. The van der Waals surface area contributed by atoms with Gasteiger partial charge in [-0.2, -0.15) is 0 Å². The largest absolute Gasteiger partial charge is 0.573 e. The molecule has 1 atom stereocenters. The van der Waals surface area contributed by atoms with E-state index in [9.17, 15) is 22.4 Å². The maximum absolute atomic E-state index is 14.1. The third-order valence-electron chi connectivity index (χ3n) is 3.99. The zero-order valence-corrected chi connectivity index (χ0v) is 15.4. The lowest BCUT2D eigenvalue weighted by Gasteiger charge is -2.33. The Morgan fingerprint density at radius 1 is 1.22 bits per heavy atom. The first kappa shape index (κ1) is 19.6. The van der Waals surface area contributed by atoms with Gasteiger partial charge in [0.15, 0.2) is 0 Å². The number of ether oxygens (including phenoxy) is 2. The highest BCUT2D eigenvalue weighted by Gasteiger charge is 2.32. The Kier molecular flexibility index (Phi) is 5.71. The second-order valence-corrected chi connectivity index (χ2v) is 6.68. The fourth-order valence-corrected chi connectivity index (χ4v) is 3.32. The van der Waals surface area contributed by atoms with E-state index in [1.54, 1.807) is 12.1 Å². The van der Waals surface area contributed by atoms with Crippen molar-refractivity contribution in [2.24, 2.45) is 0 Å². The predicted octanol–water partition coefficient (Wildman–Crippen LogP) is 4.70. The van der Waals surface area contributed by atoms with Crippen LogP contribution in [0.25, 0.3) is 0 Å². The molecule has 1 heterocycles. The van der Waals surface area contributed by atoms with E-state index in [4.69, 9.17) is 4.74 Å². The maximum Gasteiger partial charge on any atom is 0.573 e. The Morgan fingerprint density at radius 2 is 1.96 bits per heavy atom. The first-order valence-corrected chi connectivity index (χ1v) is 8.74. The van der Waals surface area contributed by atoms with Crippen molar-refractivity contribution < 1.29 is 31.8 Å². The zero-order valence-electron chi connectivity index (χ0n) is 13.8. The molecule has 0 N–H and O–H groups in total. The lowest BCUT2D eigenvalue weighted by atomic mass is 10.1. The van der Waals surface area contributed by atoms with Crippen molar-refractivity contribution in [1.29, 1.82) is 0 Å². The number of nitrogens with zero attached hydrogens (tertiary/aromatic N) is 1. The normalized spacial score (nSPS) is 17.7. The SMILES string of the molecule is O=C(c1c(F)cccc1Br)N1CCOC(c2cccc(OC(F)(F)F)c2)C1. The van der Waals surface area contributed by atoms with E-state index in [1.807, 2.05) is 0 Å². The molecule has 0 aliphatic carbocycles. The van der Waals surface area contributed by atoms with Gasteiger partial charge < -0.3 is 14.4 Å². The summed E-state index contributed by atoms with van der Waals surface area (Å²) < 4.78 is 61.1. The van der Waals surface area contributed by atoms with E-state index in [0.29, 0.717) is 10.0 Å². The average molecular weight is 448 g/mol. The number of morpholine rings is 1. The predicted molar refractivity (Wildman–Crippen MR) is 91.8 cm³/mol. The van der Waals surface area contributed by atoms with Crippen LogP contribution in [0.15, 0.2) is 46.9 Å². The quantitative estimate of drug-likeness (QED) is 0.640. The molecule has 4 nitrogen and oxygen atoms in total. The molecule has 1 aliphatic rings. The highest BCUT2D eigenvalue weighted by molar-refractivity contribution is 9.10. The summed E-state index contributed by atoms with van der Waals surface area (Å²) in [4.78, 5) is 14.1. The van der Waals surface area contributed by atoms with E-state index in [0.717, 1.165) is 0 Å². The molecule has 1 aliphatic heterocycles. The van der Waals surface area contributed by atoms with Gasteiger partial charge in [-0.25, -0.2) is 4.39 Å². The van der Waals surface area contributed by atoms with Gasteiger partial charge in [-0.1, -0.05) is 18.2 Å². The van der Waals surface area contributed by atoms with Gasteiger partial charge in [-0.05, 0) is 45.8 Å². The lowest BCUT2D eigenvalue weighted by Crippen LogP contribution is -2.42. The molecule has 27 heavy (non-hydrogen) atoms. The fraction of sp³-hybridized carbons (Fsp3) is 0.278. The minimum absolute atomic E-state index is 0.0785. The molecular formula is C18H14BrF4NO3. The van der Waals surface area contributed by atoms with Crippen molar-refractivity contribution in [3.63, 3.8) is 0 Å². The smallest absolute Gasteiger partial charge is 0.406 e. The number of hydrogen-bond acceptors (Lipinski definition) is 3. The van der Waals surface area contributed by atoms with Crippen LogP contribution >= 0.6 is 15.9 Å². The van der Waals surface area contributed by atoms with Crippen molar-refractivity contribution >= 4 is 21.8 Å². The number of alkyl halides is 3. The molecule has 0 bridgehead atoms. The highest BCUT2D eigenvalue weighted by atomic mass is 79.9. The Balaban J connectivity index is 1.78. The molecule has 0 spiro atoms. The molecule has 1 unspecified atom stereocenters. The summed E-state index contributed by atoms with van der Waals surface area (Å²) in [5, 5.41) is 0. The molecular weight excluding hydrogens is 434 g/mol. The molecule has 3 rings (SSSR count). The number of rotatable bonds is 3. The van der Waals surface area contributed by atoms with Gasteiger partial charge in [0.1, 0.15) is 17.7 Å². The topological polar surface area (TPSA) is 38.8 Å². The molecule has 2 aromatic carbocycles. The molecule has 1 amide bonds. The lowest BCUT2D eigenvalue weighted by molar-refractivity contribution is -0.274. The van der Waals surface area contributed by atoms with Crippen LogP contribution in [0.1, 0.15) is 22.0 Å². The van der Waals surface area contributed by atoms with E-state index < -0.39 is 24.2 Å². The van der Waals surface area contributed by atoms with Gasteiger partial charge in [-0.3, -0.25) is 4.79 Å². The standard InChI is InChI=1S/C18H14BrF4NO3/c19-13-5-2-6-14(20)16(13)17(25)24-7-8-26-15(10-24)11-3-1-4-12(9-11)27-18(21,22)23/h1-6,9,15H,7-8,10H2. The van der Waals surface area contributed by atoms with Crippen LogP contribution in [0.2, 0.25) is 0 Å². The van der Waals surface area contributed by atoms with Gasteiger partial charge in [0.25, 0.3) is 5.91 Å². The van der Waals surface area contributed by atoms with Gasteiger partial charge >= 0.3 is 6.36 Å². The van der Waals surface area contributed by atoms with Gasteiger partial charge in [0.05, 0.1) is 18.7 Å². The van der Waals surface area contributed by atoms with Crippen LogP contribution in [0, 0.1) is 5.82 Å². The Morgan fingerprint density at radius 3 is 2.67 bits per heavy atom. The molecule has 0 aromatic heterocycles. The number of hydrogen-bond donors (Lipinski definition) is 0. The zero-order chi connectivity index (χ0) is 19.6. The van der Waals surface area contributed by atoms with E-state index in [2.05, 4.69) is 20.7 Å². The van der Waals surface area contributed by atoms with Crippen molar-refractivity contribution in [3.05, 3.63) is 63.9 Å². The van der Waals surface area contributed by atoms with Crippen LogP contribution < -0.4 is 4.74 Å². The summed E-state index contributed by atoms with van der Waals surface area (Å²) in [5.41, 5.74) is 0.342. The number of carbonyl (C=O) groups is 1. The van der Waals surface area contributed by atoms with Crippen LogP contribution in [0.3, 0.4) is 0 Å². The summed E-state index contributed by atoms with van der Waals surface area (Å²) >= 11 is 3.17. The minimum Gasteiger partial charge on any atom is -0.406 e. The third kappa shape index (κ3) is 4.78. The Hall–Kier alpha value is -2.13. The molecule has 144 valence electrons. The summed E-state index contributed by atoms with van der Waals surface area (Å²) in [5.74, 6) is -1.54. The van der Waals surface area contributed by atoms with Gasteiger partial charge in [-0.15, -0.1) is 13.2 Å². The number of carbonyl (C=O) groups excluding carboxylic acids is 1. The van der Waals surface area contributed by atoms with Crippen LogP contribution in [-0.2, 0) is 4.74 Å². The highest BCUT2D eigenvalue weighted by Crippen LogP contribution is 2.30. The molecule has 9 heteroatoms. The Labute approximate surface area is 160 Å². The Bertz CT molecular complexity index is 823. The summed E-state index contributed by atoms with van der Waals surface area (Å²) in [7, 11) is 0. The van der Waals surface area contributed by atoms with Crippen molar-refractivity contribution in [3.8, 4) is 5.75 Å². The van der Waals surface area contributed by atoms with E-state index >= 15 is 0 Å². The molecule has 2 aromatic rings. The second kappa shape index (κ2) is 7.85. The molecule has 1 saturated heterocycles. The summed E-state index contributed by atoms with van der Waals surface area (Å²) in [6.45, 7) is 0.497. The molecule has 1 fully saturated rings. The van der Waals surface area contributed by atoms with Crippen LogP contribution in [0.5, 0.6) is 5.75 Å². The monoisotopic (exact) mass is 447 g/mol. The number of amides is 1. The van der Waals surface area contributed by atoms with Crippen LogP contribution in [0.4, 0.5) is 17.6 Å². The third-order valence-corrected chi connectivity index (χ3v) is 4.65. The van der Waals surface area contributed by atoms with Gasteiger partial charge in [0.2, 0.25) is 0 Å².